The fraction of sp³-hybridized carbons (Fsp3) is 0.625. The highest BCUT2D eigenvalue weighted by molar-refractivity contribution is 7.89. The van der Waals surface area contributed by atoms with Gasteiger partial charge in [-0.3, -0.25) is 0 Å². The third kappa shape index (κ3) is 2.53. The first-order valence-electron chi connectivity index (χ1n) is 8.14. The van der Waals surface area contributed by atoms with E-state index >= 15 is 0 Å². The Hall–Kier alpha value is -1.11. The second kappa shape index (κ2) is 5.51. The summed E-state index contributed by atoms with van der Waals surface area (Å²) in [6.07, 6.45) is 3.88. The van der Waals surface area contributed by atoms with Crippen LogP contribution < -0.4 is 10.1 Å². The average molecular weight is 322 g/mol. The predicted octanol–water partition coefficient (Wildman–Crippen LogP) is 1.60. The number of nitrogens with zero attached hydrogens (tertiary/aromatic N) is 1. The highest BCUT2D eigenvalue weighted by Gasteiger charge is 2.44. The van der Waals surface area contributed by atoms with Gasteiger partial charge in [-0.1, -0.05) is 12.1 Å². The van der Waals surface area contributed by atoms with Crippen molar-refractivity contribution < 1.29 is 13.2 Å². The Morgan fingerprint density at radius 2 is 1.91 bits per heavy atom. The molecule has 2 aliphatic heterocycles. The molecule has 0 spiro atoms. The summed E-state index contributed by atoms with van der Waals surface area (Å²) in [5, 5.41) is 3.36. The molecule has 3 aliphatic rings. The van der Waals surface area contributed by atoms with E-state index in [4.69, 9.17) is 4.74 Å². The van der Waals surface area contributed by atoms with Crippen molar-refractivity contribution in [1.82, 2.24) is 9.62 Å². The number of hydrogen-bond acceptors (Lipinski definition) is 4. The molecule has 0 amide bonds. The van der Waals surface area contributed by atoms with Crippen molar-refractivity contribution in [2.75, 3.05) is 19.6 Å². The molecule has 6 heteroatoms. The number of sulfonamides is 1. The van der Waals surface area contributed by atoms with E-state index < -0.39 is 10.0 Å². The van der Waals surface area contributed by atoms with E-state index in [1.54, 1.807) is 22.5 Å². The van der Waals surface area contributed by atoms with Crippen LogP contribution in [0.1, 0.15) is 25.7 Å². The maximum absolute atomic E-state index is 13.2. The molecule has 1 aliphatic carbocycles. The Kier molecular flexibility index (Phi) is 3.63. The number of nitrogens with one attached hydrogen (secondary N) is 1. The third-order valence-corrected chi connectivity index (χ3v) is 6.80. The molecule has 0 aromatic heterocycles. The summed E-state index contributed by atoms with van der Waals surface area (Å²) in [6.45, 7) is 2.36. The van der Waals surface area contributed by atoms with E-state index in [9.17, 15) is 8.42 Å². The monoisotopic (exact) mass is 322 g/mol. The van der Waals surface area contributed by atoms with Gasteiger partial charge in [-0.05, 0) is 56.8 Å². The number of benzene rings is 1. The Labute approximate surface area is 131 Å². The van der Waals surface area contributed by atoms with E-state index in [-0.39, 0.29) is 12.1 Å². The van der Waals surface area contributed by atoms with E-state index in [1.807, 2.05) is 6.07 Å². The molecule has 1 N–H and O–H groups in total. The molecular formula is C16H22N2O3S. The topological polar surface area (TPSA) is 58.6 Å². The van der Waals surface area contributed by atoms with Crippen molar-refractivity contribution in [3.05, 3.63) is 24.3 Å². The van der Waals surface area contributed by atoms with Crippen molar-refractivity contribution in [1.29, 1.82) is 0 Å². The summed E-state index contributed by atoms with van der Waals surface area (Å²) in [6, 6.07) is 7.01. The highest BCUT2D eigenvalue weighted by Crippen LogP contribution is 2.39. The third-order valence-electron chi connectivity index (χ3n) is 4.87. The number of rotatable bonds is 2. The van der Waals surface area contributed by atoms with Crippen LogP contribution in [0.5, 0.6) is 5.75 Å². The maximum Gasteiger partial charge on any atom is 0.247 e. The number of para-hydroxylation sites is 1. The predicted molar refractivity (Wildman–Crippen MR) is 83.4 cm³/mol. The molecule has 0 bridgehead atoms. The molecule has 120 valence electrons. The fourth-order valence-electron chi connectivity index (χ4n) is 3.48. The van der Waals surface area contributed by atoms with E-state index in [1.165, 1.54) is 0 Å². The minimum absolute atomic E-state index is 0.0620. The van der Waals surface area contributed by atoms with Crippen molar-refractivity contribution in [2.45, 2.75) is 42.7 Å². The molecule has 1 saturated heterocycles. The lowest BCUT2D eigenvalue weighted by Gasteiger charge is -2.31. The molecule has 1 aromatic rings. The highest BCUT2D eigenvalue weighted by atomic mass is 32.2. The SMILES string of the molecule is O=S1(=O)c2ccccc2O[C@H]2CCNCC[C@@H]2N1CC1CC1. The normalized spacial score (nSPS) is 31.3. The molecule has 4 rings (SSSR count). The van der Waals surface area contributed by atoms with Gasteiger partial charge in [-0.2, -0.15) is 4.31 Å². The largest absolute Gasteiger partial charge is 0.487 e. The molecule has 0 radical (unpaired) electrons. The van der Waals surface area contributed by atoms with Gasteiger partial charge in [-0.15, -0.1) is 0 Å². The number of ether oxygens (including phenoxy) is 1. The van der Waals surface area contributed by atoms with Crippen LogP contribution in [0.2, 0.25) is 0 Å². The van der Waals surface area contributed by atoms with Crippen LogP contribution in [-0.4, -0.2) is 44.5 Å². The molecule has 2 heterocycles. The lowest BCUT2D eigenvalue weighted by atomic mass is 10.1. The Morgan fingerprint density at radius 1 is 1.14 bits per heavy atom. The molecule has 22 heavy (non-hydrogen) atoms. The summed E-state index contributed by atoms with van der Waals surface area (Å²) in [4.78, 5) is 0.330. The van der Waals surface area contributed by atoms with Crippen LogP contribution in [-0.2, 0) is 10.0 Å². The minimum Gasteiger partial charge on any atom is -0.487 e. The van der Waals surface area contributed by atoms with E-state index in [0.717, 1.165) is 38.8 Å². The molecule has 5 nitrogen and oxygen atoms in total. The summed E-state index contributed by atoms with van der Waals surface area (Å²) in [5.41, 5.74) is 0. The first-order chi connectivity index (χ1) is 10.7. The van der Waals surface area contributed by atoms with E-state index in [0.29, 0.717) is 23.1 Å². The number of fused-ring (bicyclic) bond motifs is 2. The van der Waals surface area contributed by atoms with Gasteiger partial charge in [0.05, 0.1) is 6.04 Å². The summed E-state index contributed by atoms with van der Waals surface area (Å²) >= 11 is 0. The van der Waals surface area contributed by atoms with Gasteiger partial charge in [0.15, 0.2) is 0 Å². The quantitative estimate of drug-likeness (QED) is 0.898. The lowest BCUT2D eigenvalue weighted by Crippen LogP contribution is -2.48. The minimum atomic E-state index is -3.48. The Morgan fingerprint density at radius 3 is 2.73 bits per heavy atom. The fourth-order valence-corrected chi connectivity index (χ4v) is 5.36. The van der Waals surface area contributed by atoms with Crippen molar-refractivity contribution in [3.63, 3.8) is 0 Å². The zero-order valence-electron chi connectivity index (χ0n) is 12.6. The Bertz CT molecular complexity index is 657. The molecule has 2 fully saturated rings. The molecule has 0 unspecified atom stereocenters. The summed E-state index contributed by atoms with van der Waals surface area (Å²) in [5.74, 6) is 1.04. The van der Waals surface area contributed by atoms with Crippen molar-refractivity contribution in [2.24, 2.45) is 5.92 Å². The molecule has 1 aromatic carbocycles. The van der Waals surface area contributed by atoms with Crippen LogP contribution in [0.15, 0.2) is 29.2 Å². The van der Waals surface area contributed by atoms with Gasteiger partial charge in [0, 0.05) is 6.54 Å². The van der Waals surface area contributed by atoms with Crippen LogP contribution in [0.25, 0.3) is 0 Å². The first kappa shape index (κ1) is 14.5. The van der Waals surface area contributed by atoms with Crippen LogP contribution >= 0.6 is 0 Å². The maximum atomic E-state index is 13.2. The van der Waals surface area contributed by atoms with Crippen molar-refractivity contribution >= 4 is 10.0 Å². The zero-order chi connectivity index (χ0) is 15.2. The summed E-state index contributed by atoms with van der Waals surface area (Å²) in [7, 11) is -3.48. The van der Waals surface area contributed by atoms with Gasteiger partial charge in [0.2, 0.25) is 10.0 Å². The van der Waals surface area contributed by atoms with Crippen LogP contribution in [0, 0.1) is 5.92 Å². The van der Waals surface area contributed by atoms with E-state index in [2.05, 4.69) is 5.32 Å². The molecule has 1 saturated carbocycles. The smallest absolute Gasteiger partial charge is 0.247 e. The average Bonchev–Trinajstić information content (AvgIpc) is 3.32. The van der Waals surface area contributed by atoms with Crippen LogP contribution in [0.4, 0.5) is 0 Å². The second-order valence-electron chi connectivity index (χ2n) is 6.52. The van der Waals surface area contributed by atoms with Crippen molar-refractivity contribution in [3.8, 4) is 5.75 Å². The van der Waals surface area contributed by atoms with Gasteiger partial charge in [-0.25, -0.2) is 8.42 Å². The molecular weight excluding hydrogens is 300 g/mol. The lowest BCUT2D eigenvalue weighted by molar-refractivity contribution is 0.111. The standard InChI is InChI=1S/C16H22N2O3S/c19-22(20)16-4-2-1-3-15(16)21-14-8-10-17-9-7-13(14)18(22)11-12-5-6-12/h1-4,12-14,17H,5-11H2/t13-,14-/m0/s1. The summed E-state index contributed by atoms with van der Waals surface area (Å²) < 4.78 is 34.3. The van der Waals surface area contributed by atoms with Crippen LogP contribution in [0.3, 0.4) is 0 Å². The molecule has 2 atom stereocenters. The van der Waals surface area contributed by atoms with Gasteiger partial charge >= 0.3 is 0 Å². The zero-order valence-corrected chi connectivity index (χ0v) is 13.4. The van der Waals surface area contributed by atoms with Gasteiger partial charge < -0.3 is 10.1 Å². The van der Waals surface area contributed by atoms with Gasteiger partial charge in [0.1, 0.15) is 16.7 Å². The second-order valence-corrected chi connectivity index (χ2v) is 8.37. The Balaban J connectivity index is 1.80. The first-order valence-corrected chi connectivity index (χ1v) is 9.58. The van der Waals surface area contributed by atoms with Gasteiger partial charge in [0.25, 0.3) is 0 Å². The number of hydrogen-bond donors (Lipinski definition) is 1.